The van der Waals surface area contributed by atoms with Crippen molar-refractivity contribution in [3.8, 4) is 5.69 Å². The zero-order chi connectivity index (χ0) is 19.0. The Morgan fingerprint density at radius 3 is 2.85 bits per heavy atom. The van der Waals surface area contributed by atoms with Crippen LogP contribution in [0.15, 0.2) is 41.6 Å². The zero-order valence-corrected chi connectivity index (χ0v) is 15.7. The molecule has 0 aliphatic carbocycles. The number of aromatic nitrogens is 6. The van der Waals surface area contributed by atoms with Crippen molar-refractivity contribution in [1.29, 1.82) is 0 Å². The van der Waals surface area contributed by atoms with Gasteiger partial charge in [0.2, 0.25) is 10.0 Å². The molecule has 1 aliphatic heterocycles. The Hall–Kier alpha value is -2.63. The number of nitrogens with zero attached hydrogens (tertiary/aromatic N) is 7. The fourth-order valence-electron chi connectivity index (χ4n) is 3.08. The maximum atomic E-state index is 13.3. The number of aryl methyl sites for hydroxylation is 2. The van der Waals surface area contributed by atoms with Gasteiger partial charge < -0.3 is 4.74 Å². The molecule has 1 aromatic carbocycles. The van der Waals surface area contributed by atoms with Crippen LogP contribution >= 0.6 is 0 Å². The number of ether oxygens (including phenoxy) is 1. The predicted octanol–water partition coefficient (Wildman–Crippen LogP) is 0.466. The van der Waals surface area contributed by atoms with Gasteiger partial charge in [-0.3, -0.25) is 0 Å². The lowest BCUT2D eigenvalue weighted by atomic mass is 10.2. The molecule has 2 aromatic heterocycles. The lowest BCUT2D eigenvalue weighted by Crippen LogP contribution is -2.43. The van der Waals surface area contributed by atoms with Crippen LogP contribution in [0, 0.1) is 6.92 Å². The van der Waals surface area contributed by atoms with Gasteiger partial charge in [-0.15, -0.1) is 5.10 Å². The molecule has 11 heteroatoms. The number of hydrogen-bond donors (Lipinski definition) is 0. The summed E-state index contributed by atoms with van der Waals surface area (Å²) in [7, 11) is -2.01. The molecular weight excluding hydrogens is 370 g/mol. The summed E-state index contributed by atoms with van der Waals surface area (Å²) in [6, 6.07) is 7.06. The Morgan fingerprint density at radius 2 is 2.15 bits per heavy atom. The molecule has 0 N–H and O–H groups in total. The van der Waals surface area contributed by atoms with E-state index >= 15 is 0 Å². The third-order valence-electron chi connectivity index (χ3n) is 4.53. The van der Waals surface area contributed by atoms with E-state index in [2.05, 4.69) is 20.6 Å². The highest BCUT2D eigenvalue weighted by atomic mass is 32.2. The van der Waals surface area contributed by atoms with Gasteiger partial charge >= 0.3 is 0 Å². The number of tetrazole rings is 1. The lowest BCUT2D eigenvalue weighted by Gasteiger charge is -2.31. The van der Waals surface area contributed by atoms with Gasteiger partial charge in [0.25, 0.3) is 0 Å². The van der Waals surface area contributed by atoms with E-state index in [1.54, 1.807) is 49.2 Å². The van der Waals surface area contributed by atoms with Crippen LogP contribution in [0.5, 0.6) is 0 Å². The van der Waals surface area contributed by atoms with Gasteiger partial charge in [0.05, 0.1) is 17.2 Å². The number of benzene rings is 1. The molecule has 3 aromatic rings. The van der Waals surface area contributed by atoms with Crippen LogP contribution in [-0.4, -0.2) is 62.4 Å². The second kappa shape index (κ2) is 6.83. The standard InChI is InChI=1S/C16H19N7O3S/c1-12-4-5-13(23-7-3-6-17-23)10-15(12)27(24,25)22-8-9-26-14(11-22)16-18-19-20-21(16)2/h3-7,10,14H,8-9,11H2,1-2H3. The van der Waals surface area contributed by atoms with E-state index in [0.29, 0.717) is 17.1 Å². The van der Waals surface area contributed by atoms with Crippen LogP contribution in [0.2, 0.25) is 0 Å². The van der Waals surface area contributed by atoms with Crippen molar-refractivity contribution in [3.63, 3.8) is 0 Å². The van der Waals surface area contributed by atoms with E-state index in [4.69, 9.17) is 4.74 Å². The summed E-state index contributed by atoms with van der Waals surface area (Å²) in [6.07, 6.45) is 2.91. The first kappa shape index (κ1) is 17.8. The van der Waals surface area contributed by atoms with Crippen molar-refractivity contribution in [2.24, 2.45) is 7.05 Å². The molecule has 1 aliphatic rings. The van der Waals surface area contributed by atoms with E-state index in [1.165, 1.54) is 8.99 Å². The minimum absolute atomic E-state index is 0.155. The summed E-state index contributed by atoms with van der Waals surface area (Å²) in [5.41, 5.74) is 1.36. The number of sulfonamides is 1. The van der Waals surface area contributed by atoms with Crippen LogP contribution in [-0.2, 0) is 21.8 Å². The molecule has 1 unspecified atom stereocenters. The molecule has 4 rings (SSSR count). The maximum absolute atomic E-state index is 13.3. The van der Waals surface area contributed by atoms with Crippen molar-refractivity contribution >= 4 is 10.0 Å². The average molecular weight is 389 g/mol. The number of rotatable bonds is 4. The van der Waals surface area contributed by atoms with Crippen molar-refractivity contribution in [1.82, 2.24) is 34.3 Å². The fourth-order valence-corrected chi connectivity index (χ4v) is 4.75. The average Bonchev–Trinajstić information content (AvgIpc) is 3.34. The van der Waals surface area contributed by atoms with Gasteiger partial charge in [-0.25, -0.2) is 17.8 Å². The quantitative estimate of drug-likeness (QED) is 0.638. The first-order valence-electron chi connectivity index (χ1n) is 8.41. The van der Waals surface area contributed by atoms with Gasteiger partial charge in [0.1, 0.15) is 6.10 Å². The highest BCUT2D eigenvalue weighted by Crippen LogP contribution is 2.27. The van der Waals surface area contributed by atoms with E-state index < -0.39 is 16.1 Å². The summed E-state index contributed by atoms with van der Waals surface area (Å²) in [6.45, 7) is 2.48. The summed E-state index contributed by atoms with van der Waals surface area (Å²) < 4.78 is 36.9. The van der Waals surface area contributed by atoms with Crippen molar-refractivity contribution in [2.45, 2.75) is 17.9 Å². The second-order valence-electron chi connectivity index (χ2n) is 6.28. The van der Waals surface area contributed by atoms with Crippen LogP contribution in [0.1, 0.15) is 17.5 Å². The van der Waals surface area contributed by atoms with Crippen LogP contribution in [0.3, 0.4) is 0 Å². The first-order valence-corrected chi connectivity index (χ1v) is 9.85. The predicted molar refractivity (Wildman–Crippen MR) is 94.6 cm³/mol. The SMILES string of the molecule is Cc1ccc(-n2cccn2)cc1S(=O)(=O)N1CCOC(c2nnnn2C)C1. The molecule has 0 saturated carbocycles. The van der Waals surface area contributed by atoms with Crippen molar-refractivity contribution < 1.29 is 13.2 Å². The Morgan fingerprint density at radius 1 is 1.30 bits per heavy atom. The Balaban J connectivity index is 1.67. The Kier molecular flexibility index (Phi) is 4.50. The van der Waals surface area contributed by atoms with Crippen LogP contribution < -0.4 is 0 Å². The van der Waals surface area contributed by atoms with Gasteiger partial charge in [0, 0.05) is 32.5 Å². The third-order valence-corrected chi connectivity index (χ3v) is 6.54. The highest BCUT2D eigenvalue weighted by Gasteiger charge is 2.34. The van der Waals surface area contributed by atoms with E-state index in [1.807, 2.05) is 6.07 Å². The normalized spacial score (nSPS) is 18.7. The van der Waals surface area contributed by atoms with Crippen LogP contribution in [0.4, 0.5) is 0 Å². The lowest BCUT2D eigenvalue weighted by molar-refractivity contribution is -0.00953. The molecule has 10 nitrogen and oxygen atoms in total. The van der Waals surface area contributed by atoms with Gasteiger partial charge in [-0.05, 0) is 41.1 Å². The molecule has 0 spiro atoms. The molecular formula is C16H19N7O3S. The largest absolute Gasteiger partial charge is 0.367 e. The van der Waals surface area contributed by atoms with Crippen molar-refractivity contribution in [3.05, 3.63) is 48.0 Å². The Labute approximate surface area is 156 Å². The van der Waals surface area contributed by atoms with Gasteiger partial charge in [0.15, 0.2) is 5.82 Å². The fraction of sp³-hybridized carbons (Fsp3) is 0.375. The van der Waals surface area contributed by atoms with Crippen molar-refractivity contribution in [2.75, 3.05) is 19.7 Å². The van der Waals surface area contributed by atoms with E-state index in [0.717, 1.165) is 0 Å². The number of hydrogen-bond acceptors (Lipinski definition) is 7. The maximum Gasteiger partial charge on any atom is 0.243 e. The van der Waals surface area contributed by atoms with Crippen LogP contribution in [0.25, 0.3) is 5.69 Å². The summed E-state index contributed by atoms with van der Waals surface area (Å²) >= 11 is 0. The molecule has 0 bridgehead atoms. The highest BCUT2D eigenvalue weighted by molar-refractivity contribution is 7.89. The molecule has 142 valence electrons. The minimum Gasteiger partial charge on any atom is -0.367 e. The second-order valence-corrected chi connectivity index (χ2v) is 8.19. The van der Waals surface area contributed by atoms with Gasteiger partial charge in [-0.2, -0.15) is 9.40 Å². The van der Waals surface area contributed by atoms with E-state index in [9.17, 15) is 8.42 Å². The molecule has 1 saturated heterocycles. The zero-order valence-electron chi connectivity index (χ0n) is 14.9. The third kappa shape index (κ3) is 3.24. The monoisotopic (exact) mass is 389 g/mol. The minimum atomic E-state index is -3.71. The molecule has 0 radical (unpaired) electrons. The number of morpholine rings is 1. The summed E-state index contributed by atoms with van der Waals surface area (Å²) in [5.74, 6) is 0.497. The molecule has 1 atom stereocenters. The molecule has 27 heavy (non-hydrogen) atoms. The molecule has 0 amide bonds. The summed E-state index contributed by atoms with van der Waals surface area (Å²) in [4.78, 5) is 0.257. The van der Waals surface area contributed by atoms with E-state index in [-0.39, 0.29) is 24.6 Å². The molecule has 3 heterocycles. The summed E-state index contributed by atoms with van der Waals surface area (Å²) in [5, 5.41) is 15.5. The smallest absolute Gasteiger partial charge is 0.243 e. The first-order chi connectivity index (χ1) is 13.0. The Bertz CT molecular complexity index is 1050. The topological polar surface area (TPSA) is 108 Å². The molecule has 1 fully saturated rings. The van der Waals surface area contributed by atoms with Gasteiger partial charge in [-0.1, -0.05) is 6.07 Å².